The lowest BCUT2D eigenvalue weighted by atomic mass is 10.1. The smallest absolute Gasteiger partial charge is 0.234 e. The van der Waals surface area contributed by atoms with Crippen LogP contribution in [0.5, 0.6) is 5.75 Å². The summed E-state index contributed by atoms with van der Waals surface area (Å²) < 4.78 is 5.50. The minimum Gasteiger partial charge on any atom is -0.491 e. The van der Waals surface area contributed by atoms with Gasteiger partial charge < -0.3 is 20.5 Å². The first-order chi connectivity index (χ1) is 9.76. The Labute approximate surface area is 126 Å². The van der Waals surface area contributed by atoms with Gasteiger partial charge in [-0.1, -0.05) is 12.1 Å². The molecule has 1 aromatic carbocycles. The SMILES string of the molecule is Cc1cccc(OCC(O)CNCC(=O)NC(C)(C)C)c1. The van der Waals surface area contributed by atoms with E-state index < -0.39 is 6.10 Å². The van der Waals surface area contributed by atoms with Crippen molar-refractivity contribution in [3.8, 4) is 5.75 Å². The summed E-state index contributed by atoms with van der Waals surface area (Å²) in [6, 6.07) is 7.66. The van der Waals surface area contributed by atoms with Crippen LogP contribution in [0.4, 0.5) is 0 Å². The molecule has 1 aromatic rings. The van der Waals surface area contributed by atoms with Gasteiger partial charge in [-0.15, -0.1) is 0 Å². The molecule has 0 fully saturated rings. The zero-order valence-corrected chi connectivity index (χ0v) is 13.3. The van der Waals surface area contributed by atoms with Crippen molar-refractivity contribution in [2.45, 2.75) is 39.3 Å². The van der Waals surface area contributed by atoms with E-state index in [9.17, 15) is 9.90 Å². The highest BCUT2D eigenvalue weighted by atomic mass is 16.5. The van der Waals surface area contributed by atoms with Gasteiger partial charge in [-0.3, -0.25) is 4.79 Å². The zero-order valence-electron chi connectivity index (χ0n) is 13.3. The minimum absolute atomic E-state index is 0.0886. The van der Waals surface area contributed by atoms with Crippen molar-refractivity contribution in [3.05, 3.63) is 29.8 Å². The number of amides is 1. The second-order valence-corrected chi connectivity index (χ2v) is 6.21. The van der Waals surface area contributed by atoms with Gasteiger partial charge in [0.05, 0.1) is 6.54 Å². The van der Waals surface area contributed by atoms with Crippen LogP contribution in [0, 0.1) is 6.92 Å². The molecule has 118 valence electrons. The summed E-state index contributed by atoms with van der Waals surface area (Å²) in [4.78, 5) is 11.6. The van der Waals surface area contributed by atoms with Gasteiger partial charge in [0.25, 0.3) is 0 Å². The maximum absolute atomic E-state index is 11.6. The first-order valence-electron chi connectivity index (χ1n) is 7.15. The average Bonchev–Trinajstić information content (AvgIpc) is 2.34. The summed E-state index contributed by atoms with van der Waals surface area (Å²) in [5.74, 6) is 0.647. The van der Waals surface area contributed by atoms with Crippen molar-refractivity contribution in [1.29, 1.82) is 0 Å². The van der Waals surface area contributed by atoms with Gasteiger partial charge in [0.1, 0.15) is 18.5 Å². The predicted octanol–water partition coefficient (Wildman–Crippen LogP) is 1.24. The molecule has 0 saturated heterocycles. The summed E-state index contributed by atoms with van der Waals surface area (Å²) in [6.07, 6.45) is -0.659. The van der Waals surface area contributed by atoms with E-state index in [2.05, 4.69) is 10.6 Å². The molecule has 1 rings (SSSR count). The van der Waals surface area contributed by atoms with E-state index in [0.717, 1.165) is 11.3 Å². The third-order valence-corrected chi connectivity index (χ3v) is 2.61. The molecule has 3 N–H and O–H groups in total. The van der Waals surface area contributed by atoms with Crippen LogP contribution in [-0.4, -0.2) is 42.4 Å². The Morgan fingerprint density at radius 3 is 2.71 bits per heavy atom. The number of carbonyl (C=O) groups excluding carboxylic acids is 1. The lowest BCUT2D eigenvalue weighted by molar-refractivity contribution is -0.121. The highest BCUT2D eigenvalue weighted by molar-refractivity contribution is 5.78. The van der Waals surface area contributed by atoms with Crippen molar-refractivity contribution in [1.82, 2.24) is 10.6 Å². The van der Waals surface area contributed by atoms with Crippen molar-refractivity contribution < 1.29 is 14.6 Å². The Kier molecular flexibility index (Phi) is 6.65. The number of aliphatic hydroxyl groups excluding tert-OH is 1. The molecule has 1 atom stereocenters. The van der Waals surface area contributed by atoms with Gasteiger partial charge in [0.2, 0.25) is 5.91 Å². The fourth-order valence-electron chi connectivity index (χ4n) is 1.77. The monoisotopic (exact) mass is 294 g/mol. The largest absolute Gasteiger partial charge is 0.491 e. The third kappa shape index (κ3) is 8.32. The molecular formula is C16H26N2O3. The Hall–Kier alpha value is -1.59. The first kappa shape index (κ1) is 17.5. The molecule has 5 nitrogen and oxygen atoms in total. The van der Waals surface area contributed by atoms with Crippen LogP contribution in [0.15, 0.2) is 24.3 Å². The number of aryl methyl sites for hydroxylation is 1. The topological polar surface area (TPSA) is 70.6 Å². The molecule has 0 spiro atoms. The molecule has 5 heteroatoms. The maximum atomic E-state index is 11.6. The van der Waals surface area contributed by atoms with Crippen LogP contribution in [0.1, 0.15) is 26.3 Å². The molecule has 0 aliphatic carbocycles. The fraction of sp³-hybridized carbons (Fsp3) is 0.562. The molecule has 1 unspecified atom stereocenters. The number of benzene rings is 1. The van der Waals surface area contributed by atoms with Gasteiger partial charge in [0.15, 0.2) is 0 Å². The standard InChI is InChI=1S/C16H26N2O3/c1-12-6-5-7-14(8-12)21-11-13(19)9-17-10-15(20)18-16(2,3)4/h5-8,13,17,19H,9-11H2,1-4H3,(H,18,20). The predicted molar refractivity (Wildman–Crippen MR) is 83.4 cm³/mol. The van der Waals surface area contributed by atoms with Gasteiger partial charge in [-0.2, -0.15) is 0 Å². The number of rotatable bonds is 7. The number of carbonyl (C=O) groups is 1. The summed E-state index contributed by atoms with van der Waals surface area (Å²) in [7, 11) is 0. The van der Waals surface area contributed by atoms with E-state index in [0.29, 0.717) is 6.54 Å². The first-order valence-corrected chi connectivity index (χ1v) is 7.15. The Morgan fingerprint density at radius 1 is 1.38 bits per heavy atom. The molecule has 21 heavy (non-hydrogen) atoms. The van der Waals surface area contributed by atoms with Crippen molar-refractivity contribution in [3.63, 3.8) is 0 Å². The molecule has 0 aliphatic rings. The number of ether oxygens (including phenoxy) is 1. The van der Waals surface area contributed by atoms with Gasteiger partial charge in [-0.25, -0.2) is 0 Å². The summed E-state index contributed by atoms with van der Waals surface area (Å²) >= 11 is 0. The molecule has 0 radical (unpaired) electrons. The van der Waals surface area contributed by atoms with Crippen LogP contribution in [-0.2, 0) is 4.79 Å². The van der Waals surface area contributed by atoms with E-state index >= 15 is 0 Å². The highest BCUT2D eigenvalue weighted by Crippen LogP contribution is 2.12. The highest BCUT2D eigenvalue weighted by Gasteiger charge is 2.13. The Balaban J connectivity index is 2.19. The van der Waals surface area contributed by atoms with Gasteiger partial charge >= 0.3 is 0 Å². The molecule has 0 bridgehead atoms. The van der Waals surface area contributed by atoms with Gasteiger partial charge in [0, 0.05) is 12.1 Å². The van der Waals surface area contributed by atoms with E-state index in [1.54, 1.807) is 0 Å². The Bertz CT molecular complexity index is 455. The second-order valence-electron chi connectivity index (χ2n) is 6.21. The molecule has 0 saturated carbocycles. The lowest BCUT2D eigenvalue weighted by Gasteiger charge is -2.21. The molecule has 0 aliphatic heterocycles. The summed E-state index contributed by atoms with van der Waals surface area (Å²) in [6.45, 7) is 8.44. The fourth-order valence-corrected chi connectivity index (χ4v) is 1.77. The minimum atomic E-state index is -0.659. The number of hydrogen-bond acceptors (Lipinski definition) is 4. The van der Waals surface area contributed by atoms with Crippen molar-refractivity contribution in [2.24, 2.45) is 0 Å². The van der Waals surface area contributed by atoms with E-state index in [1.165, 1.54) is 0 Å². The van der Waals surface area contributed by atoms with Crippen molar-refractivity contribution >= 4 is 5.91 Å². The normalized spacial score (nSPS) is 12.8. The van der Waals surface area contributed by atoms with Crippen LogP contribution in [0.3, 0.4) is 0 Å². The molecule has 0 aromatic heterocycles. The van der Waals surface area contributed by atoms with E-state index in [4.69, 9.17) is 4.74 Å². The summed E-state index contributed by atoms with van der Waals surface area (Å²) in [5.41, 5.74) is 0.866. The quantitative estimate of drug-likeness (QED) is 0.707. The van der Waals surface area contributed by atoms with Crippen LogP contribution in [0.2, 0.25) is 0 Å². The molecular weight excluding hydrogens is 268 g/mol. The number of hydrogen-bond donors (Lipinski definition) is 3. The number of nitrogens with one attached hydrogen (secondary N) is 2. The van der Waals surface area contributed by atoms with Gasteiger partial charge in [-0.05, 0) is 45.4 Å². The average molecular weight is 294 g/mol. The molecule has 0 heterocycles. The third-order valence-electron chi connectivity index (χ3n) is 2.61. The lowest BCUT2D eigenvalue weighted by Crippen LogP contribution is -2.46. The molecule has 1 amide bonds. The Morgan fingerprint density at radius 2 is 2.10 bits per heavy atom. The van der Waals surface area contributed by atoms with Crippen LogP contribution in [0.25, 0.3) is 0 Å². The van der Waals surface area contributed by atoms with Crippen LogP contribution < -0.4 is 15.4 Å². The van der Waals surface area contributed by atoms with Crippen LogP contribution >= 0.6 is 0 Å². The maximum Gasteiger partial charge on any atom is 0.234 e. The van der Waals surface area contributed by atoms with Crippen molar-refractivity contribution in [2.75, 3.05) is 19.7 Å². The second kappa shape index (κ2) is 8.00. The summed E-state index contributed by atoms with van der Waals surface area (Å²) in [5, 5.41) is 15.6. The number of aliphatic hydroxyl groups is 1. The van der Waals surface area contributed by atoms with E-state index in [1.807, 2.05) is 52.0 Å². The van der Waals surface area contributed by atoms with E-state index in [-0.39, 0.29) is 24.6 Å². The zero-order chi connectivity index (χ0) is 15.9.